The number of Topliss-reactive ketones (excluding diaryl/α,β-unsaturated/α-hetero) is 1. The van der Waals surface area contributed by atoms with Crippen LogP contribution < -0.4 is 0 Å². The van der Waals surface area contributed by atoms with E-state index in [9.17, 15) is 14.3 Å². The number of ketones is 1. The van der Waals surface area contributed by atoms with Gasteiger partial charge in [0.05, 0.1) is 11.7 Å². The number of hydrogen-bond donors (Lipinski definition) is 1. The van der Waals surface area contributed by atoms with Crippen LogP contribution in [-0.2, 0) is 11.3 Å². The number of carbonyl (C=O) groups excluding carboxylic acids is 1. The minimum Gasteiger partial charge on any atom is -0.507 e. The number of phenols is 1. The summed E-state index contributed by atoms with van der Waals surface area (Å²) in [5.74, 6) is -0.464. The lowest BCUT2D eigenvalue weighted by Gasteiger charge is -2.36. The van der Waals surface area contributed by atoms with E-state index in [1.54, 1.807) is 7.11 Å². The fourth-order valence-corrected chi connectivity index (χ4v) is 2.83. The van der Waals surface area contributed by atoms with Gasteiger partial charge in [-0.15, -0.1) is 0 Å². The van der Waals surface area contributed by atoms with Crippen LogP contribution in [-0.4, -0.2) is 42.1 Å². The first-order valence-corrected chi connectivity index (χ1v) is 7.19. The fourth-order valence-electron chi connectivity index (χ4n) is 2.83. The highest BCUT2D eigenvalue weighted by atomic mass is 19.1. The lowest BCUT2D eigenvalue weighted by atomic mass is 9.95. The number of carbonyl (C=O) groups is 1. The molecule has 2 rings (SSSR count). The zero-order valence-electron chi connectivity index (χ0n) is 12.7. The number of benzene rings is 1. The Hall–Kier alpha value is -1.46. The van der Waals surface area contributed by atoms with Gasteiger partial charge in [0.15, 0.2) is 5.78 Å². The molecule has 0 spiro atoms. The number of aromatic hydroxyl groups is 1. The van der Waals surface area contributed by atoms with Gasteiger partial charge in [0.1, 0.15) is 11.6 Å². The lowest BCUT2D eigenvalue weighted by Crippen LogP contribution is -2.43. The van der Waals surface area contributed by atoms with Crippen LogP contribution in [0.5, 0.6) is 5.75 Å². The quantitative estimate of drug-likeness (QED) is 0.867. The molecule has 1 heterocycles. The van der Waals surface area contributed by atoms with Crippen molar-refractivity contribution in [1.82, 2.24) is 4.90 Å². The van der Waals surface area contributed by atoms with Crippen LogP contribution in [0.15, 0.2) is 12.1 Å². The van der Waals surface area contributed by atoms with Crippen molar-refractivity contribution in [2.45, 2.75) is 32.9 Å². The minimum absolute atomic E-state index is 0.0404. The maximum Gasteiger partial charge on any atom is 0.163 e. The molecule has 2 unspecified atom stereocenters. The molecule has 0 saturated carbocycles. The Bertz CT molecular complexity index is 532. The van der Waals surface area contributed by atoms with Crippen molar-refractivity contribution in [1.29, 1.82) is 0 Å². The number of rotatable bonds is 4. The number of halogens is 1. The Morgan fingerprint density at radius 1 is 1.52 bits per heavy atom. The van der Waals surface area contributed by atoms with Crippen LogP contribution in [0.25, 0.3) is 0 Å². The van der Waals surface area contributed by atoms with E-state index in [-0.39, 0.29) is 23.2 Å². The molecule has 0 aliphatic carbocycles. The average molecular weight is 295 g/mol. The summed E-state index contributed by atoms with van der Waals surface area (Å²) >= 11 is 0. The van der Waals surface area contributed by atoms with E-state index in [4.69, 9.17) is 4.74 Å². The molecule has 0 bridgehead atoms. The lowest BCUT2D eigenvalue weighted by molar-refractivity contribution is -0.00765. The van der Waals surface area contributed by atoms with Crippen molar-refractivity contribution < 1.29 is 19.0 Å². The van der Waals surface area contributed by atoms with Crippen LogP contribution in [0.1, 0.15) is 36.2 Å². The first-order valence-electron chi connectivity index (χ1n) is 7.19. The second-order valence-corrected chi connectivity index (χ2v) is 5.79. The van der Waals surface area contributed by atoms with Gasteiger partial charge in [-0.2, -0.15) is 0 Å². The van der Waals surface area contributed by atoms with Crippen molar-refractivity contribution in [2.24, 2.45) is 5.92 Å². The third-order valence-electron chi connectivity index (χ3n) is 4.20. The van der Waals surface area contributed by atoms with Crippen molar-refractivity contribution in [3.8, 4) is 5.75 Å². The second kappa shape index (κ2) is 6.54. The third-order valence-corrected chi connectivity index (χ3v) is 4.20. The average Bonchev–Trinajstić information content (AvgIpc) is 2.44. The summed E-state index contributed by atoms with van der Waals surface area (Å²) in [4.78, 5) is 13.6. The fraction of sp³-hybridized carbons (Fsp3) is 0.562. The Kier molecular flexibility index (Phi) is 4.96. The standard InChI is InChI=1S/C16H22FNO3/c1-10-4-5-18(9-15(10)21-3)8-12-6-13(17)7-14(11(2)19)16(12)20/h6-7,10,15,20H,4-5,8-9H2,1-3H3. The van der Waals surface area contributed by atoms with Gasteiger partial charge in [-0.05, 0) is 37.9 Å². The van der Waals surface area contributed by atoms with Gasteiger partial charge >= 0.3 is 0 Å². The summed E-state index contributed by atoms with van der Waals surface area (Å²) in [6, 6.07) is 2.37. The maximum atomic E-state index is 13.6. The van der Waals surface area contributed by atoms with Crippen LogP contribution in [0.3, 0.4) is 0 Å². The molecule has 1 N–H and O–H groups in total. The number of nitrogens with zero attached hydrogens (tertiary/aromatic N) is 1. The van der Waals surface area contributed by atoms with E-state index >= 15 is 0 Å². The van der Waals surface area contributed by atoms with Gasteiger partial charge in [0, 0.05) is 25.8 Å². The molecule has 1 aliphatic heterocycles. The molecule has 2 atom stereocenters. The molecule has 1 saturated heterocycles. The van der Waals surface area contributed by atoms with E-state index in [2.05, 4.69) is 11.8 Å². The number of piperidine rings is 1. The highest BCUT2D eigenvalue weighted by Crippen LogP contribution is 2.28. The summed E-state index contributed by atoms with van der Waals surface area (Å²) in [7, 11) is 1.69. The molecule has 0 aromatic heterocycles. The smallest absolute Gasteiger partial charge is 0.163 e. The van der Waals surface area contributed by atoms with Crippen LogP contribution in [0.2, 0.25) is 0 Å². The van der Waals surface area contributed by atoms with E-state index in [1.807, 2.05) is 0 Å². The van der Waals surface area contributed by atoms with E-state index in [0.29, 0.717) is 18.0 Å². The summed E-state index contributed by atoms with van der Waals surface area (Å²) in [6.45, 7) is 5.49. The maximum absolute atomic E-state index is 13.6. The molecule has 1 aliphatic rings. The molecule has 0 amide bonds. The molecular formula is C16H22FNO3. The SMILES string of the molecule is COC1CN(Cc2cc(F)cc(C(C)=O)c2O)CCC1C. The normalized spacial score (nSPS) is 23.2. The molecule has 116 valence electrons. The predicted octanol–water partition coefficient (Wildman–Crippen LogP) is 2.59. The van der Waals surface area contributed by atoms with Gasteiger partial charge in [0.2, 0.25) is 0 Å². The summed E-state index contributed by atoms with van der Waals surface area (Å²) in [5, 5.41) is 10.1. The number of ether oxygens (including phenoxy) is 1. The van der Waals surface area contributed by atoms with Crippen molar-refractivity contribution >= 4 is 5.78 Å². The number of likely N-dealkylation sites (tertiary alicyclic amines) is 1. The van der Waals surface area contributed by atoms with Gasteiger partial charge in [0.25, 0.3) is 0 Å². The Morgan fingerprint density at radius 3 is 2.86 bits per heavy atom. The number of methoxy groups -OCH3 is 1. The highest BCUT2D eigenvalue weighted by Gasteiger charge is 2.27. The third kappa shape index (κ3) is 3.60. The summed E-state index contributed by atoms with van der Waals surface area (Å²) in [6.07, 6.45) is 1.13. The monoisotopic (exact) mass is 295 g/mol. The van der Waals surface area contributed by atoms with E-state index in [1.165, 1.54) is 13.0 Å². The number of hydrogen-bond acceptors (Lipinski definition) is 4. The summed E-state index contributed by atoms with van der Waals surface area (Å²) < 4.78 is 19.1. The highest BCUT2D eigenvalue weighted by molar-refractivity contribution is 5.97. The van der Waals surface area contributed by atoms with Crippen LogP contribution >= 0.6 is 0 Å². The van der Waals surface area contributed by atoms with Crippen LogP contribution in [0, 0.1) is 11.7 Å². The minimum atomic E-state index is -0.498. The molecule has 5 heteroatoms. The topological polar surface area (TPSA) is 49.8 Å². The van der Waals surface area contributed by atoms with E-state index < -0.39 is 5.82 Å². The Morgan fingerprint density at radius 2 is 2.24 bits per heavy atom. The van der Waals surface area contributed by atoms with Gasteiger partial charge in [-0.1, -0.05) is 6.92 Å². The van der Waals surface area contributed by atoms with Gasteiger partial charge in [-0.3, -0.25) is 9.69 Å². The van der Waals surface area contributed by atoms with Crippen LogP contribution in [0.4, 0.5) is 4.39 Å². The Labute approximate surface area is 124 Å². The molecule has 21 heavy (non-hydrogen) atoms. The summed E-state index contributed by atoms with van der Waals surface area (Å²) in [5.41, 5.74) is 0.489. The largest absolute Gasteiger partial charge is 0.507 e. The van der Waals surface area contributed by atoms with E-state index in [0.717, 1.165) is 25.6 Å². The predicted molar refractivity (Wildman–Crippen MR) is 77.9 cm³/mol. The second-order valence-electron chi connectivity index (χ2n) is 5.79. The Balaban J connectivity index is 2.18. The molecule has 4 nitrogen and oxygen atoms in total. The molecular weight excluding hydrogens is 273 g/mol. The first-order chi connectivity index (χ1) is 9.92. The van der Waals surface area contributed by atoms with Gasteiger partial charge < -0.3 is 9.84 Å². The molecule has 0 radical (unpaired) electrons. The zero-order valence-corrected chi connectivity index (χ0v) is 12.7. The molecule has 1 aromatic carbocycles. The molecule has 1 aromatic rings. The first kappa shape index (κ1) is 15.9. The zero-order chi connectivity index (χ0) is 15.6. The van der Waals surface area contributed by atoms with Crippen molar-refractivity contribution in [2.75, 3.05) is 20.2 Å². The van der Waals surface area contributed by atoms with Gasteiger partial charge in [-0.25, -0.2) is 4.39 Å². The van der Waals surface area contributed by atoms with Crippen molar-refractivity contribution in [3.63, 3.8) is 0 Å². The number of phenolic OH excluding ortho intramolecular Hbond substituents is 1. The van der Waals surface area contributed by atoms with Crippen molar-refractivity contribution in [3.05, 3.63) is 29.1 Å². The molecule has 1 fully saturated rings.